The van der Waals surface area contributed by atoms with Crippen molar-refractivity contribution in [1.29, 1.82) is 0 Å². The standard InChI is InChI=1S/C8F11I/c9-2-1(6(11,12)13)3(7(14,15)16)5(20,4(2)10)8(17,18)19. The van der Waals surface area contributed by atoms with E-state index >= 15 is 0 Å². The van der Waals surface area contributed by atoms with Crippen molar-refractivity contribution in [2.45, 2.75) is 22.0 Å². The molecule has 0 aliphatic heterocycles. The lowest BCUT2D eigenvalue weighted by atomic mass is 9.98. The van der Waals surface area contributed by atoms with Crippen molar-refractivity contribution in [3.63, 3.8) is 0 Å². The average molecular weight is 432 g/mol. The van der Waals surface area contributed by atoms with E-state index < -0.39 is 44.8 Å². The quantitative estimate of drug-likeness (QED) is 0.277. The highest BCUT2D eigenvalue weighted by molar-refractivity contribution is 14.1. The zero-order chi connectivity index (χ0) is 16.3. The van der Waals surface area contributed by atoms with Crippen molar-refractivity contribution in [1.82, 2.24) is 0 Å². The summed E-state index contributed by atoms with van der Waals surface area (Å²) in [5, 5.41) is 0. The molecule has 12 heteroatoms. The van der Waals surface area contributed by atoms with Crippen molar-refractivity contribution in [3.8, 4) is 0 Å². The number of alkyl halides is 10. The molecule has 0 nitrogen and oxygen atoms in total. The Kier molecular flexibility index (Phi) is 3.91. The smallest absolute Gasteiger partial charge is 0.206 e. The monoisotopic (exact) mass is 432 g/mol. The number of rotatable bonds is 0. The second-order valence-electron chi connectivity index (χ2n) is 3.53. The van der Waals surface area contributed by atoms with Crippen LogP contribution >= 0.6 is 22.6 Å². The maximum Gasteiger partial charge on any atom is 0.419 e. The lowest BCUT2D eigenvalue weighted by Gasteiger charge is -2.29. The van der Waals surface area contributed by atoms with Crippen LogP contribution in [-0.4, -0.2) is 22.0 Å². The van der Waals surface area contributed by atoms with Gasteiger partial charge in [-0.05, 0) is 0 Å². The fourth-order valence-corrected chi connectivity index (χ4v) is 2.33. The summed E-state index contributed by atoms with van der Waals surface area (Å²) in [4.78, 5) is 0. The van der Waals surface area contributed by atoms with Crippen LogP contribution < -0.4 is 0 Å². The van der Waals surface area contributed by atoms with Gasteiger partial charge in [0, 0.05) is 0 Å². The molecule has 0 aromatic carbocycles. The number of halogens is 12. The summed E-state index contributed by atoms with van der Waals surface area (Å²) in [6.07, 6.45) is -18.5. The Bertz CT molecular complexity index is 488. The fraction of sp³-hybridized carbons (Fsp3) is 0.500. The topological polar surface area (TPSA) is 0 Å². The number of hydrogen-bond acceptors (Lipinski definition) is 0. The van der Waals surface area contributed by atoms with Crippen molar-refractivity contribution in [2.75, 3.05) is 0 Å². The normalized spacial score (nSPS) is 25.8. The van der Waals surface area contributed by atoms with Gasteiger partial charge in [-0.2, -0.15) is 39.5 Å². The van der Waals surface area contributed by atoms with E-state index in [-0.39, 0.29) is 22.6 Å². The molecule has 0 aromatic rings. The molecule has 116 valence electrons. The van der Waals surface area contributed by atoms with Crippen LogP contribution in [0.15, 0.2) is 22.8 Å². The minimum atomic E-state index is -6.23. The van der Waals surface area contributed by atoms with Crippen LogP contribution in [0.4, 0.5) is 48.3 Å². The molecule has 20 heavy (non-hydrogen) atoms. The SMILES string of the molecule is FC1=C(F)C(I)(C(F)(F)F)C(C(F)(F)F)=C1C(F)(F)F. The molecule has 0 bridgehead atoms. The summed E-state index contributed by atoms with van der Waals surface area (Å²) in [6, 6.07) is 0. The van der Waals surface area contributed by atoms with Crippen LogP contribution in [0.2, 0.25) is 0 Å². The van der Waals surface area contributed by atoms with Crippen LogP contribution in [0.3, 0.4) is 0 Å². The van der Waals surface area contributed by atoms with Crippen LogP contribution in [0.1, 0.15) is 0 Å². The van der Waals surface area contributed by atoms with Crippen LogP contribution in [0.5, 0.6) is 0 Å². The van der Waals surface area contributed by atoms with E-state index in [4.69, 9.17) is 0 Å². The van der Waals surface area contributed by atoms with Gasteiger partial charge in [0.1, 0.15) is 5.57 Å². The van der Waals surface area contributed by atoms with Gasteiger partial charge in [-0.3, -0.25) is 0 Å². The highest BCUT2D eigenvalue weighted by Gasteiger charge is 2.72. The molecule has 1 unspecified atom stereocenters. The third-order valence-electron chi connectivity index (χ3n) is 2.27. The van der Waals surface area contributed by atoms with Gasteiger partial charge in [0.2, 0.25) is 3.42 Å². The lowest BCUT2D eigenvalue weighted by molar-refractivity contribution is -0.165. The van der Waals surface area contributed by atoms with Gasteiger partial charge >= 0.3 is 18.5 Å². The Morgan fingerprint density at radius 2 is 1.15 bits per heavy atom. The van der Waals surface area contributed by atoms with E-state index in [1.54, 1.807) is 0 Å². The van der Waals surface area contributed by atoms with Crippen LogP contribution in [-0.2, 0) is 0 Å². The van der Waals surface area contributed by atoms with Gasteiger partial charge in [-0.25, -0.2) is 8.78 Å². The number of allylic oxidation sites excluding steroid dienone is 4. The van der Waals surface area contributed by atoms with Gasteiger partial charge < -0.3 is 0 Å². The molecular formula is C8F11I. The maximum absolute atomic E-state index is 13.2. The molecule has 0 radical (unpaired) electrons. The molecule has 1 aliphatic rings. The highest BCUT2D eigenvalue weighted by atomic mass is 127. The minimum Gasteiger partial charge on any atom is -0.206 e. The molecule has 0 N–H and O–H groups in total. The summed E-state index contributed by atoms with van der Waals surface area (Å²) >= 11 is -0.220. The first-order chi connectivity index (χ1) is 8.56. The van der Waals surface area contributed by atoms with Gasteiger partial charge in [0.25, 0.3) is 0 Å². The summed E-state index contributed by atoms with van der Waals surface area (Å²) < 4.78 is 134. The van der Waals surface area contributed by atoms with Gasteiger partial charge in [-0.1, -0.05) is 22.6 Å². The predicted octanol–water partition coefficient (Wildman–Crippen LogP) is 5.31. The van der Waals surface area contributed by atoms with Crippen LogP contribution in [0.25, 0.3) is 0 Å². The van der Waals surface area contributed by atoms with E-state index in [9.17, 15) is 48.3 Å². The minimum absolute atomic E-state index is 0.220. The first-order valence-corrected chi connectivity index (χ1v) is 5.35. The molecule has 1 aliphatic carbocycles. The Morgan fingerprint density at radius 3 is 1.40 bits per heavy atom. The van der Waals surface area contributed by atoms with Crippen molar-refractivity contribution in [3.05, 3.63) is 22.8 Å². The molecule has 0 amide bonds. The van der Waals surface area contributed by atoms with Crippen LogP contribution in [0, 0.1) is 0 Å². The molecule has 0 saturated carbocycles. The van der Waals surface area contributed by atoms with Gasteiger partial charge in [-0.15, -0.1) is 0 Å². The van der Waals surface area contributed by atoms with E-state index in [1.165, 1.54) is 0 Å². The van der Waals surface area contributed by atoms with Gasteiger partial charge in [0.15, 0.2) is 11.7 Å². The summed E-state index contributed by atoms with van der Waals surface area (Å²) in [6.45, 7) is 0. The highest BCUT2D eigenvalue weighted by Crippen LogP contribution is 2.62. The molecular weight excluding hydrogens is 432 g/mol. The molecule has 0 spiro atoms. The summed E-state index contributed by atoms with van der Waals surface area (Å²) in [7, 11) is 0. The Labute approximate surface area is 116 Å². The zero-order valence-electron chi connectivity index (χ0n) is 8.54. The third kappa shape index (κ3) is 2.39. The van der Waals surface area contributed by atoms with Crippen molar-refractivity contribution < 1.29 is 48.3 Å². The van der Waals surface area contributed by atoms with E-state index in [1.807, 2.05) is 0 Å². The predicted molar refractivity (Wildman–Crippen MR) is 51.2 cm³/mol. The first kappa shape index (κ1) is 17.5. The maximum atomic E-state index is 13.2. The molecule has 0 saturated heterocycles. The second kappa shape index (κ2) is 4.47. The van der Waals surface area contributed by atoms with Crippen molar-refractivity contribution >= 4 is 22.6 Å². The summed E-state index contributed by atoms with van der Waals surface area (Å²) in [5.41, 5.74) is -6.66. The zero-order valence-corrected chi connectivity index (χ0v) is 10.7. The van der Waals surface area contributed by atoms with E-state index in [0.29, 0.717) is 0 Å². The fourth-order valence-electron chi connectivity index (χ4n) is 1.52. The lowest BCUT2D eigenvalue weighted by Crippen LogP contribution is -2.45. The first-order valence-electron chi connectivity index (χ1n) is 4.27. The Hall–Kier alpha value is -0.560. The molecule has 0 fully saturated rings. The second-order valence-corrected chi connectivity index (χ2v) is 5.15. The molecule has 1 atom stereocenters. The summed E-state index contributed by atoms with van der Waals surface area (Å²) in [5.74, 6) is -6.39. The van der Waals surface area contributed by atoms with E-state index in [0.717, 1.165) is 0 Å². The third-order valence-corrected chi connectivity index (χ3v) is 3.89. The largest absolute Gasteiger partial charge is 0.419 e. The van der Waals surface area contributed by atoms with E-state index in [2.05, 4.69) is 0 Å². The Morgan fingerprint density at radius 1 is 0.750 bits per heavy atom. The molecule has 0 aromatic heterocycles. The Balaban J connectivity index is 3.85. The van der Waals surface area contributed by atoms with Crippen molar-refractivity contribution in [2.24, 2.45) is 0 Å². The number of hydrogen-bond donors (Lipinski definition) is 0. The van der Waals surface area contributed by atoms with Gasteiger partial charge in [0.05, 0.1) is 5.57 Å². The molecule has 1 rings (SSSR count). The average Bonchev–Trinajstić information content (AvgIpc) is 2.37. The molecule has 0 heterocycles.